The second-order valence-electron chi connectivity index (χ2n) is 12.9. The third-order valence-electron chi connectivity index (χ3n) is 8.26. The van der Waals surface area contributed by atoms with Crippen molar-refractivity contribution in [3.8, 4) is 0 Å². The Kier molecular flexibility index (Phi) is 9.38. The predicted molar refractivity (Wildman–Crippen MR) is 169 cm³/mol. The van der Waals surface area contributed by atoms with Crippen LogP contribution in [0.2, 0.25) is 0 Å². The van der Waals surface area contributed by atoms with E-state index in [2.05, 4.69) is 116 Å². The lowest BCUT2D eigenvalue weighted by Gasteiger charge is -2.24. The van der Waals surface area contributed by atoms with Crippen molar-refractivity contribution in [3.63, 3.8) is 0 Å². The van der Waals surface area contributed by atoms with Crippen LogP contribution in [0.1, 0.15) is 150 Å². The molecular weight excluding hydrogens is 488 g/mol. The number of hydrogen-bond donors (Lipinski definition) is 0. The van der Waals surface area contributed by atoms with Gasteiger partial charge in [0.2, 0.25) is 0 Å². The molecule has 1 aromatic carbocycles. The van der Waals surface area contributed by atoms with E-state index in [1.807, 2.05) is 12.4 Å². The molecule has 0 saturated carbocycles. The number of hydrogen-bond acceptors (Lipinski definition) is 4. The first-order valence-electron chi connectivity index (χ1n) is 15.2. The highest BCUT2D eigenvalue weighted by molar-refractivity contribution is 5.83. The van der Waals surface area contributed by atoms with E-state index < -0.39 is 0 Å². The number of pyridine rings is 2. The maximum absolute atomic E-state index is 5.15. The summed E-state index contributed by atoms with van der Waals surface area (Å²) >= 11 is 0. The van der Waals surface area contributed by atoms with Crippen LogP contribution in [-0.4, -0.2) is 20.2 Å². The molecule has 0 bridgehead atoms. The molecule has 4 rings (SSSR count). The molecule has 0 radical (unpaired) electrons. The zero-order valence-corrected chi connectivity index (χ0v) is 26.3. The van der Waals surface area contributed by atoms with Gasteiger partial charge in [-0.1, -0.05) is 81.4 Å². The lowest BCUT2D eigenvalue weighted by Crippen LogP contribution is -2.13. The summed E-state index contributed by atoms with van der Waals surface area (Å²) in [6.45, 7) is 22.7. The number of fused-ring (bicyclic) bond motifs is 1. The van der Waals surface area contributed by atoms with Crippen LogP contribution < -0.4 is 0 Å². The maximum atomic E-state index is 5.15. The van der Waals surface area contributed by atoms with Crippen molar-refractivity contribution in [1.82, 2.24) is 20.2 Å². The fraction of sp³-hybridized carbons (Fsp3) is 0.500. The molecule has 3 aromatic heterocycles. The topological polar surface area (TPSA) is 51.6 Å². The number of rotatable bonds is 10. The first-order valence-corrected chi connectivity index (χ1v) is 15.2. The van der Waals surface area contributed by atoms with E-state index in [-0.39, 0.29) is 11.8 Å². The van der Waals surface area contributed by atoms with Crippen molar-refractivity contribution >= 4 is 10.9 Å². The van der Waals surface area contributed by atoms with Gasteiger partial charge in [-0.3, -0.25) is 9.97 Å². The average Bonchev–Trinajstić information content (AvgIpc) is 2.92. The lowest BCUT2D eigenvalue weighted by atomic mass is 9.83. The molecule has 2 unspecified atom stereocenters. The summed E-state index contributed by atoms with van der Waals surface area (Å²) in [6, 6.07) is 13.4. The van der Waals surface area contributed by atoms with Crippen LogP contribution in [0.25, 0.3) is 10.9 Å². The minimum atomic E-state index is 0.280. The van der Waals surface area contributed by atoms with E-state index in [4.69, 9.17) is 9.97 Å². The van der Waals surface area contributed by atoms with Gasteiger partial charge in [0, 0.05) is 41.0 Å². The first-order chi connectivity index (χ1) is 19.0. The van der Waals surface area contributed by atoms with Crippen LogP contribution in [0, 0.1) is 0 Å². The Morgan fingerprint density at radius 3 is 1.93 bits per heavy atom. The second-order valence-corrected chi connectivity index (χ2v) is 12.9. The number of benzene rings is 1. The molecule has 0 spiro atoms. The van der Waals surface area contributed by atoms with Crippen LogP contribution in [0.4, 0.5) is 0 Å². The van der Waals surface area contributed by atoms with Crippen molar-refractivity contribution < 1.29 is 0 Å². The molecule has 4 aromatic rings. The summed E-state index contributed by atoms with van der Waals surface area (Å²) in [5.74, 6) is 2.23. The second kappa shape index (κ2) is 12.6. The summed E-state index contributed by atoms with van der Waals surface area (Å²) in [5.41, 5.74) is 11.4. The molecule has 0 saturated heterocycles. The van der Waals surface area contributed by atoms with E-state index in [1.165, 1.54) is 44.6 Å². The molecular formula is C36H48N4. The predicted octanol–water partition coefficient (Wildman–Crippen LogP) is 9.61. The lowest BCUT2D eigenvalue weighted by molar-refractivity contribution is 0.654. The standard InChI is InChI=1S/C36H48N4/c1-21(2)29-15-17-38-40-35(29)25(9)19-28-14-16-37-36(33(28)23(5)6)26(10)18-27-12-11-13-32-31(27)20-30(22(3)4)34(39-32)24(7)8/h11-17,20-26H,18-19H2,1-10H3. The van der Waals surface area contributed by atoms with Crippen molar-refractivity contribution in [1.29, 1.82) is 0 Å². The fourth-order valence-electron chi connectivity index (χ4n) is 6.24. The highest BCUT2D eigenvalue weighted by atomic mass is 15.1. The van der Waals surface area contributed by atoms with Crippen LogP contribution in [0.3, 0.4) is 0 Å². The van der Waals surface area contributed by atoms with Gasteiger partial charge in [0.25, 0.3) is 0 Å². The molecule has 0 fully saturated rings. The molecule has 0 amide bonds. The van der Waals surface area contributed by atoms with Crippen LogP contribution in [-0.2, 0) is 12.8 Å². The van der Waals surface area contributed by atoms with Gasteiger partial charge in [0.15, 0.2) is 0 Å². The normalized spacial score (nSPS) is 13.7. The van der Waals surface area contributed by atoms with E-state index in [0.717, 1.165) is 24.1 Å². The Balaban J connectivity index is 1.70. The van der Waals surface area contributed by atoms with Crippen molar-refractivity contribution in [3.05, 3.63) is 93.7 Å². The van der Waals surface area contributed by atoms with Gasteiger partial charge in [-0.2, -0.15) is 10.2 Å². The monoisotopic (exact) mass is 536 g/mol. The Morgan fingerprint density at radius 2 is 1.27 bits per heavy atom. The minimum Gasteiger partial charge on any atom is -0.261 e. The molecule has 0 aliphatic rings. The molecule has 2 atom stereocenters. The van der Waals surface area contributed by atoms with Crippen LogP contribution >= 0.6 is 0 Å². The average molecular weight is 537 g/mol. The van der Waals surface area contributed by atoms with Crippen molar-refractivity contribution in [2.24, 2.45) is 0 Å². The van der Waals surface area contributed by atoms with Gasteiger partial charge in [-0.25, -0.2) is 0 Å². The van der Waals surface area contributed by atoms with E-state index in [0.29, 0.717) is 23.7 Å². The number of aromatic nitrogens is 4. The zero-order valence-electron chi connectivity index (χ0n) is 26.3. The first kappa shape index (κ1) is 29.8. The molecule has 3 heterocycles. The summed E-state index contributed by atoms with van der Waals surface area (Å²) in [6.07, 6.45) is 5.69. The summed E-state index contributed by atoms with van der Waals surface area (Å²) in [5, 5.41) is 10.1. The zero-order chi connectivity index (χ0) is 29.1. The molecule has 0 aliphatic carbocycles. The summed E-state index contributed by atoms with van der Waals surface area (Å²) in [4.78, 5) is 10.2. The third-order valence-corrected chi connectivity index (χ3v) is 8.26. The fourth-order valence-corrected chi connectivity index (χ4v) is 6.24. The Hall–Kier alpha value is -3.14. The Bertz CT molecular complexity index is 1450. The molecule has 0 N–H and O–H groups in total. The van der Waals surface area contributed by atoms with Gasteiger partial charge in [-0.15, -0.1) is 0 Å². The van der Waals surface area contributed by atoms with Crippen LogP contribution in [0.5, 0.6) is 0 Å². The Morgan fingerprint density at radius 1 is 0.600 bits per heavy atom. The highest BCUT2D eigenvalue weighted by Crippen LogP contribution is 2.35. The summed E-state index contributed by atoms with van der Waals surface area (Å²) in [7, 11) is 0. The molecule has 40 heavy (non-hydrogen) atoms. The number of nitrogens with zero attached hydrogens (tertiary/aromatic N) is 4. The van der Waals surface area contributed by atoms with Crippen LogP contribution in [0.15, 0.2) is 48.8 Å². The molecule has 4 heteroatoms. The van der Waals surface area contributed by atoms with E-state index in [9.17, 15) is 0 Å². The summed E-state index contributed by atoms with van der Waals surface area (Å²) < 4.78 is 0. The quantitative estimate of drug-likeness (QED) is 0.202. The largest absolute Gasteiger partial charge is 0.261 e. The van der Waals surface area contributed by atoms with Gasteiger partial charge in [0.05, 0.1) is 11.2 Å². The SMILES string of the molecule is CC(C)c1cc2c(CC(C)c3nccc(CC(C)c4nnccc4C(C)C)c3C(C)C)cccc2nc1C(C)C. The molecule has 0 aliphatic heterocycles. The van der Waals surface area contributed by atoms with Crippen molar-refractivity contribution in [2.45, 2.75) is 118 Å². The third kappa shape index (κ3) is 6.27. The van der Waals surface area contributed by atoms with E-state index in [1.54, 1.807) is 0 Å². The van der Waals surface area contributed by atoms with Gasteiger partial charge in [0.1, 0.15) is 0 Å². The van der Waals surface area contributed by atoms with E-state index >= 15 is 0 Å². The molecule has 4 nitrogen and oxygen atoms in total. The Labute approximate surface area is 242 Å². The smallest absolute Gasteiger partial charge is 0.0708 e. The van der Waals surface area contributed by atoms with Gasteiger partial charge >= 0.3 is 0 Å². The van der Waals surface area contributed by atoms with Gasteiger partial charge in [-0.05, 0) is 88.6 Å². The molecule has 212 valence electrons. The van der Waals surface area contributed by atoms with Crippen molar-refractivity contribution in [2.75, 3.05) is 0 Å². The highest BCUT2D eigenvalue weighted by Gasteiger charge is 2.23. The van der Waals surface area contributed by atoms with Gasteiger partial charge < -0.3 is 0 Å². The minimum absolute atomic E-state index is 0.280. The maximum Gasteiger partial charge on any atom is 0.0708 e.